The van der Waals surface area contributed by atoms with Crippen LogP contribution in [-0.4, -0.2) is 11.0 Å². The van der Waals surface area contributed by atoms with Gasteiger partial charge in [-0.2, -0.15) is 0 Å². The third-order valence-corrected chi connectivity index (χ3v) is 2.40. The number of hydrogen-bond acceptors (Lipinski definition) is 2. The van der Waals surface area contributed by atoms with Crippen molar-refractivity contribution in [1.82, 2.24) is 0 Å². The summed E-state index contributed by atoms with van der Waals surface area (Å²) in [6.07, 6.45) is 0. The molecule has 0 saturated heterocycles. The van der Waals surface area contributed by atoms with Crippen LogP contribution in [0.1, 0.15) is 5.56 Å². The average Bonchev–Trinajstić information content (AvgIpc) is 2.39. The lowest BCUT2D eigenvalue weighted by atomic mass is 9.99. The molecule has 0 atom stereocenters. The van der Waals surface area contributed by atoms with E-state index in [0.29, 0.717) is 0 Å². The molecule has 2 rings (SSSR count). The second-order valence-corrected chi connectivity index (χ2v) is 3.40. The summed E-state index contributed by atoms with van der Waals surface area (Å²) in [4.78, 5) is 0. The van der Waals surface area contributed by atoms with Crippen LogP contribution in [0.4, 0.5) is 0 Å². The number of hydrogen-bond donors (Lipinski definition) is 2. The minimum absolute atomic E-state index is 0.124. The minimum Gasteiger partial charge on any atom is -0.409 e. The van der Waals surface area contributed by atoms with E-state index in [2.05, 4.69) is 5.16 Å². The Morgan fingerprint density at radius 1 is 0.938 bits per heavy atom. The van der Waals surface area contributed by atoms with Gasteiger partial charge in [0.05, 0.1) is 0 Å². The smallest absolute Gasteiger partial charge is 0.170 e. The summed E-state index contributed by atoms with van der Waals surface area (Å²) in [5, 5.41) is 11.8. The molecule has 0 aromatic heterocycles. The van der Waals surface area contributed by atoms with E-state index in [1.165, 1.54) is 0 Å². The van der Waals surface area contributed by atoms with Gasteiger partial charge in [0.15, 0.2) is 5.84 Å². The quantitative estimate of drug-likeness (QED) is 0.347. The Morgan fingerprint density at radius 2 is 1.56 bits per heavy atom. The number of benzene rings is 2. The fourth-order valence-corrected chi connectivity index (χ4v) is 1.63. The second-order valence-electron chi connectivity index (χ2n) is 3.40. The van der Waals surface area contributed by atoms with Crippen LogP contribution in [0.3, 0.4) is 0 Å². The van der Waals surface area contributed by atoms with Crippen molar-refractivity contribution in [3.8, 4) is 11.1 Å². The number of nitrogens with zero attached hydrogens (tertiary/aromatic N) is 1. The highest BCUT2D eigenvalue weighted by molar-refractivity contribution is 6.03. The van der Waals surface area contributed by atoms with E-state index >= 15 is 0 Å². The average molecular weight is 212 g/mol. The number of rotatable bonds is 2. The van der Waals surface area contributed by atoms with Crippen molar-refractivity contribution >= 4 is 5.84 Å². The van der Waals surface area contributed by atoms with Crippen molar-refractivity contribution in [2.75, 3.05) is 0 Å². The van der Waals surface area contributed by atoms with E-state index in [1.807, 2.05) is 54.6 Å². The summed E-state index contributed by atoms with van der Waals surface area (Å²) >= 11 is 0. The van der Waals surface area contributed by atoms with E-state index < -0.39 is 0 Å². The number of amidine groups is 1. The maximum atomic E-state index is 8.72. The highest BCUT2D eigenvalue weighted by Crippen LogP contribution is 2.22. The highest BCUT2D eigenvalue weighted by atomic mass is 16.4. The third-order valence-electron chi connectivity index (χ3n) is 2.40. The summed E-state index contributed by atoms with van der Waals surface area (Å²) in [7, 11) is 0. The Kier molecular flexibility index (Phi) is 2.87. The van der Waals surface area contributed by atoms with Gasteiger partial charge in [-0.05, 0) is 11.1 Å². The van der Waals surface area contributed by atoms with Crippen LogP contribution in [0.5, 0.6) is 0 Å². The first-order valence-electron chi connectivity index (χ1n) is 4.95. The molecule has 80 valence electrons. The molecule has 2 aromatic rings. The predicted molar refractivity (Wildman–Crippen MR) is 64.4 cm³/mol. The van der Waals surface area contributed by atoms with Gasteiger partial charge in [-0.1, -0.05) is 59.8 Å². The normalized spacial score (nSPS) is 11.4. The van der Waals surface area contributed by atoms with Crippen LogP contribution in [-0.2, 0) is 0 Å². The van der Waals surface area contributed by atoms with Gasteiger partial charge in [0.1, 0.15) is 0 Å². The van der Waals surface area contributed by atoms with E-state index in [1.54, 1.807) is 0 Å². The van der Waals surface area contributed by atoms with Crippen LogP contribution >= 0.6 is 0 Å². The summed E-state index contributed by atoms with van der Waals surface area (Å²) in [5.41, 5.74) is 8.37. The Morgan fingerprint density at radius 3 is 2.25 bits per heavy atom. The van der Waals surface area contributed by atoms with E-state index in [9.17, 15) is 0 Å². The first kappa shape index (κ1) is 10.2. The largest absolute Gasteiger partial charge is 0.409 e. The van der Waals surface area contributed by atoms with Gasteiger partial charge in [-0.25, -0.2) is 0 Å². The summed E-state index contributed by atoms with van der Waals surface area (Å²) in [6.45, 7) is 0. The van der Waals surface area contributed by atoms with Crippen LogP contribution < -0.4 is 5.73 Å². The number of nitrogens with two attached hydrogens (primary N) is 1. The zero-order chi connectivity index (χ0) is 11.4. The fourth-order valence-electron chi connectivity index (χ4n) is 1.63. The third kappa shape index (κ3) is 1.88. The Hall–Kier alpha value is -2.29. The Bertz CT molecular complexity index is 506. The standard InChI is InChI=1S/C13H12N2O/c14-13(15-16)12-9-5-4-8-11(12)10-6-2-1-3-7-10/h1-9,16H,(H2,14,15). The monoisotopic (exact) mass is 212 g/mol. The molecular weight excluding hydrogens is 200 g/mol. The molecule has 2 aromatic carbocycles. The van der Waals surface area contributed by atoms with Gasteiger partial charge in [0, 0.05) is 5.56 Å². The molecule has 0 bridgehead atoms. The molecule has 0 aliphatic rings. The van der Waals surface area contributed by atoms with Gasteiger partial charge in [-0.3, -0.25) is 0 Å². The summed E-state index contributed by atoms with van der Waals surface area (Å²) < 4.78 is 0. The molecule has 0 fully saturated rings. The molecule has 0 unspecified atom stereocenters. The fraction of sp³-hybridized carbons (Fsp3) is 0. The molecular formula is C13H12N2O. The second kappa shape index (κ2) is 4.49. The zero-order valence-corrected chi connectivity index (χ0v) is 8.67. The van der Waals surface area contributed by atoms with Gasteiger partial charge in [0.2, 0.25) is 0 Å². The molecule has 0 heterocycles. The van der Waals surface area contributed by atoms with Crippen LogP contribution in [0, 0.1) is 0 Å². The van der Waals surface area contributed by atoms with Gasteiger partial charge in [-0.15, -0.1) is 0 Å². The van der Waals surface area contributed by atoms with E-state index in [-0.39, 0.29) is 5.84 Å². The van der Waals surface area contributed by atoms with Crippen LogP contribution in [0.2, 0.25) is 0 Å². The lowest BCUT2D eigenvalue weighted by Crippen LogP contribution is -2.14. The van der Waals surface area contributed by atoms with E-state index in [0.717, 1.165) is 16.7 Å². The molecule has 0 amide bonds. The van der Waals surface area contributed by atoms with Crippen LogP contribution in [0.25, 0.3) is 11.1 Å². The van der Waals surface area contributed by atoms with Gasteiger partial charge >= 0.3 is 0 Å². The van der Waals surface area contributed by atoms with Gasteiger partial charge in [0.25, 0.3) is 0 Å². The maximum Gasteiger partial charge on any atom is 0.170 e. The van der Waals surface area contributed by atoms with Crippen molar-refractivity contribution in [3.05, 3.63) is 60.2 Å². The van der Waals surface area contributed by atoms with Crippen LogP contribution in [0.15, 0.2) is 59.8 Å². The molecule has 0 aliphatic heterocycles. The molecule has 3 N–H and O–H groups in total. The Labute approximate surface area is 93.8 Å². The molecule has 0 aliphatic carbocycles. The molecule has 0 spiro atoms. The first-order valence-corrected chi connectivity index (χ1v) is 4.95. The molecule has 3 nitrogen and oxygen atoms in total. The summed E-state index contributed by atoms with van der Waals surface area (Å²) in [5.74, 6) is 0.124. The zero-order valence-electron chi connectivity index (χ0n) is 8.67. The molecule has 0 saturated carbocycles. The topological polar surface area (TPSA) is 58.6 Å². The van der Waals surface area contributed by atoms with E-state index in [4.69, 9.17) is 10.9 Å². The van der Waals surface area contributed by atoms with Crippen molar-refractivity contribution in [1.29, 1.82) is 0 Å². The van der Waals surface area contributed by atoms with Crippen molar-refractivity contribution in [2.45, 2.75) is 0 Å². The van der Waals surface area contributed by atoms with Crippen molar-refractivity contribution in [3.63, 3.8) is 0 Å². The van der Waals surface area contributed by atoms with Crippen molar-refractivity contribution in [2.24, 2.45) is 10.9 Å². The Balaban J connectivity index is 2.58. The lowest BCUT2D eigenvalue weighted by Gasteiger charge is -2.07. The lowest BCUT2D eigenvalue weighted by molar-refractivity contribution is 0.318. The molecule has 16 heavy (non-hydrogen) atoms. The minimum atomic E-state index is 0.124. The van der Waals surface area contributed by atoms with Gasteiger partial charge < -0.3 is 10.9 Å². The first-order chi connectivity index (χ1) is 7.83. The molecule has 0 radical (unpaired) electrons. The highest BCUT2D eigenvalue weighted by Gasteiger charge is 2.07. The molecule has 3 heteroatoms. The SMILES string of the molecule is NC(=NO)c1ccccc1-c1ccccc1. The summed E-state index contributed by atoms with van der Waals surface area (Å²) in [6, 6.07) is 17.4. The predicted octanol–water partition coefficient (Wildman–Crippen LogP) is 2.45. The number of oxime groups is 1. The van der Waals surface area contributed by atoms with Crippen molar-refractivity contribution < 1.29 is 5.21 Å². The maximum absolute atomic E-state index is 8.72.